The zero-order valence-electron chi connectivity index (χ0n) is 20.6. The van der Waals surface area contributed by atoms with Crippen LogP contribution in [-0.4, -0.2) is 28.8 Å². The first kappa shape index (κ1) is 24.8. The van der Waals surface area contributed by atoms with E-state index in [1.807, 2.05) is 78.9 Å². The first-order chi connectivity index (χ1) is 18.6. The highest BCUT2D eigenvalue weighted by Crippen LogP contribution is 2.35. The molecule has 4 aromatic carbocycles. The Labute approximate surface area is 221 Å². The lowest BCUT2D eigenvalue weighted by Crippen LogP contribution is -2.43. The van der Waals surface area contributed by atoms with Gasteiger partial charge < -0.3 is 15.4 Å². The minimum atomic E-state index is -0.888. The van der Waals surface area contributed by atoms with E-state index in [1.54, 1.807) is 36.4 Å². The molecule has 2 unspecified atom stereocenters. The Bertz CT molecular complexity index is 1390. The van der Waals surface area contributed by atoms with E-state index < -0.39 is 18.2 Å². The number of benzene rings is 4. The Morgan fingerprint density at radius 2 is 1.24 bits per heavy atom. The van der Waals surface area contributed by atoms with Crippen molar-refractivity contribution in [1.82, 2.24) is 4.90 Å². The third kappa shape index (κ3) is 5.90. The molecule has 1 aliphatic rings. The second kappa shape index (κ2) is 11.4. The van der Waals surface area contributed by atoms with Crippen molar-refractivity contribution in [2.45, 2.75) is 25.1 Å². The molecule has 7 heteroatoms. The summed E-state index contributed by atoms with van der Waals surface area (Å²) in [5.41, 5.74) is 3.71. The van der Waals surface area contributed by atoms with Crippen LogP contribution < -0.4 is 10.6 Å². The number of carbonyl (C=O) groups is 3. The Balaban J connectivity index is 1.35. The van der Waals surface area contributed by atoms with Gasteiger partial charge in [0.1, 0.15) is 0 Å². The lowest BCUT2D eigenvalue weighted by atomic mass is 10.00. The van der Waals surface area contributed by atoms with Crippen LogP contribution in [0.25, 0.3) is 0 Å². The fraction of sp³-hybridized carbons (Fsp3) is 0.129. The van der Waals surface area contributed by atoms with Crippen LogP contribution in [0, 0.1) is 0 Å². The molecule has 1 fully saturated rings. The molecule has 2 N–H and O–H groups in total. The lowest BCUT2D eigenvalue weighted by Gasteiger charge is -2.24. The van der Waals surface area contributed by atoms with Crippen LogP contribution in [0.1, 0.15) is 22.8 Å². The smallest absolute Gasteiger partial charge is 0.411 e. The highest BCUT2D eigenvalue weighted by Gasteiger charge is 2.47. The Morgan fingerprint density at radius 1 is 0.684 bits per heavy atom. The molecule has 0 bridgehead atoms. The molecule has 5 rings (SSSR count). The van der Waals surface area contributed by atoms with Gasteiger partial charge in [0.25, 0.3) is 5.91 Å². The van der Waals surface area contributed by atoms with Gasteiger partial charge in [-0.2, -0.15) is 0 Å². The Hall–Kier alpha value is -4.91. The number of cyclic esters (lactones) is 1. The summed E-state index contributed by atoms with van der Waals surface area (Å²) >= 11 is 0. The number of rotatable bonds is 8. The molecular formula is C31H27N3O4. The second-order valence-corrected chi connectivity index (χ2v) is 9.05. The summed E-state index contributed by atoms with van der Waals surface area (Å²) in [5, 5.41) is 5.80. The van der Waals surface area contributed by atoms with E-state index in [9.17, 15) is 14.4 Å². The van der Waals surface area contributed by atoms with E-state index in [-0.39, 0.29) is 24.8 Å². The zero-order chi connectivity index (χ0) is 26.3. The molecule has 38 heavy (non-hydrogen) atoms. The van der Waals surface area contributed by atoms with Gasteiger partial charge in [-0.1, -0.05) is 91.0 Å². The van der Waals surface area contributed by atoms with Gasteiger partial charge in [0.2, 0.25) is 5.91 Å². The average molecular weight is 506 g/mol. The van der Waals surface area contributed by atoms with Crippen LogP contribution in [0.4, 0.5) is 16.2 Å². The van der Waals surface area contributed by atoms with E-state index >= 15 is 0 Å². The molecule has 7 nitrogen and oxygen atoms in total. The lowest BCUT2D eigenvalue weighted by molar-refractivity contribution is -0.121. The van der Waals surface area contributed by atoms with Gasteiger partial charge in [0, 0.05) is 11.4 Å². The molecule has 4 aromatic rings. The Morgan fingerprint density at radius 3 is 1.87 bits per heavy atom. The third-order valence-corrected chi connectivity index (χ3v) is 6.32. The molecule has 0 radical (unpaired) electrons. The van der Waals surface area contributed by atoms with Crippen molar-refractivity contribution >= 4 is 29.3 Å². The normalized spacial score (nSPS) is 16.5. The Kier molecular flexibility index (Phi) is 7.45. The maximum Gasteiger partial charge on any atom is 0.411 e. The summed E-state index contributed by atoms with van der Waals surface area (Å²) in [6, 6.07) is 34.2. The summed E-state index contributed by atoms with van der Waals surface area (Å²) in [5.74, 6) is -0.478. The van der Waals surface area contributed by atoms with Crippen LogP contribution in [-0.2, 0) is 27.3 Å². The molecule has 0 aliphatic carbocycles. The standard InChI is InChI=1S/C31H27N3O4/c35-27(20-22-10-4-1-5-11-22)32-26-18-16-24(17-19-26)29-28(30(36)33-25-14-8-3-9-15-25)34(31(37)38-29)21-23-12-6-2-7-13-23/h1-19,28-29H,20-21H2,(H,32,35)(H,33,36). The van der Waals surface area contributed by atoms with Gasteiger partial charge in [0.05, 0.1) is 13.0 Å². The minimum Gasteiger partial charge on any atom is -0.438 e. The summed E-state index contributed by atoms with van der Waals surface area (Å²) in [6.45, 7) is 0.233. The molecule has 1 saturated heterocycles. The number of ether oxygens (including phenoxy) is 1. The number of hydrogen-bond acceptors (Lipinski definition) is 4. The third-order valence-electron chi connectivity index (χ3n) is 6.32. The first-order valence-corrected chi connectivity index (χ1v) is 12.4. The van der Waals surface area contributed by atoms with E-state index in [4.69, 9.17) is 4.74 Å². The van der Waals surface area contributed by atoms with Gasteiger partial charge in [-0.15, -0.1) is 0 Å². The van der Waals surface area contributed by atoms with Crippen LogP contribution in [0.5, 0.6) is 0 Å². The van der Waals surface area contributed by atoms with Crippen LogP contribution in [0.2, 0.25) is 0 Å². The highest BCUT2D eigenvalue weighted by molar-refractivity contribution is 5.98. The monoisotopic (exact) mass is 505 g/mol. The maximum absolute atomic E-state index is 13.5. The van der Waals surface area contributed by atoms with Crippen molar-refractivity contribution in [2.24, 2.45) is 0 Å². The molecular weight excluding hydrogens is 478 g/mol. The van der Waals surface area contributed by atoms with Gasteiger partial charge in [-0.05, 0) is 41.0 Å². The van der Waals surface area contributed by atoms with Crippen molar-refractivity contribution in [1.29, 1.82) is 0 Å². The van der Waals surface area contributed by atoms with Gasteiger partial charge in [-0.3, -0.25) is 14.5 Å². The molecule has 2 atom stereocenters. The van der Waals surface area contributed by atoms with Crippen molar-refractivity contribution in [3.63, 3.8) is 0 Å². The molecule has 0 saturated carbocycles. The van der Waals surface area contributed by atoms with Gasteiger partial charge in [0.15, 0.2) is 12.1 Å². The van der Waals surface area contributed by atoms with Crippen molar-refractivity contribution in [3.05, 3.63) is 132 Å². The van der Waals surface area contributed by atoms with Crippen molar-refractivity contribution < 1.29 is 19.1 Å². The van der Waals surface area contributed by atoms with E-state index in [2.05, 4.69) is 10.6 Å². The number of hydrogen-bond donors (Lipinski definition) is 2. The number of carbonyl (C=O) groups excluding carboxylic acids is 3. The molecule has 3 amide bonds. The van der Waals surface area contributed by atoms with Gasteiger partial charge in [-0.25, -0.2) is 4.79 Å². The quantitative estimate of drug-likeness (QED) is 0.328. The summed E-state index contributed by atoms with van der Waals surface area (Å²) < 4.78 is 5.74. The zero-order valence-corrected chi connectivity index (χ0v) is 20.6. The van der Waals surface area contributed by atoms with E-state index in [0.29, 0.717) is 16.9 Å². The van der Waals surface area contributed by atoms with Crippen molar-refractivity contribution in [3.8, 4) is 0 Å². The number of amides is 3. The summed E-state index contributed by atoms with van der Waals surface area (Å²) in [4.78, 5) is 40.4. The second-order valence-electron chi connectivity index (χ2n) is 9.05. The molecule has 1 heterocycles. The topological polar surface area (TPSA) is 87.7 Å². The minimum absolute atomic E-state index is 0.134. The van der Waals surface area contributed by atoms with E-state index in [0.717, 1.165) is 11.1 Å². The molecule has 190 valence electrons. The predicted octanol–water partition coefficient (Wildman–Crippen LogP) is 5.57. The molecule has 0 aromatic heterocycles. The first-order valence-electron chi connectivity index (χ1n) is 12.4. The molecule has 0 spiro atoms. The predicted molar refractivity (Wildman–Crippen MR) is 145 cm³/mol. The maximum atomic E-state index is 13.5. The van der Waals surface area contributed by atoms with E-state index in [1.165, 1.54) is 4.90 Å². The number of para-hydroxylation sites is 1. The number of anilines is 2. The number of nitrogens with zero attached hydrogens (tertiary/aromatic N) is 1. The SMILES string of the molecule is O=C(Cc1ccccc1)Nc1ccc(C2OC(=O)N(Cc3ccccc3)C2C(=O)Nc2ccccc2)cc1. The average Bonchev–Trinajstić information content (AvgIpc) is 3.26. The van der Waals surface area contributed by atoms with Gasteiger partial charge >= 0.3 is 6.09 Å². The fourth-order valence-electron chi connectivity index (χ4n) is 4.47. The number of nitrogens with one attached hydrogen (secondary N) is 2. The summed E-state index contributed by atoms with van der Waals surface area (Å²) in [6.07, 6.45) is -1.12. The van der Waals surface area contributed by atoms with Crippen LogP contribution in [0.3, 0.4) is 0 Å². The largest absolute Gasteiger partial charge is 0.438 e. The fourth-order valence-corrected chi connectivity index (χ4v) is 4.47. The van der Waals surface area contributed by atoms with Crippen LogP contribution in [0.15, 0.2) is 115 Å². The summed E-state index contributed by atoms with van der Waals surface area (Å²) in [7, 11) is 0. The molecule has 1 aliphatic heterocycles. The highest BCUT2D eigenvalue weighted by atomic mass is 16.6. The van der Waals surface area contributed by atoms with Crippen LogP contribution >= 0.6 is 0 Å². The van der Waals surface area contributed by atoms with Crippen molar-refractivity contribution in [2.75, 3.05) is 10.6 Å².